The van der Waals surface area contributed by atoms with E-state index in [9.17, 15) is 19.5 Å². The highest BCUT2D eigenvalue weighted by Crippen LogP contribution is 2.56. The van der Waals surface area contributed by atoms with Gasteiger partial charge in [0.2, 0.25) is 0 Å². The fraction of sp³-hybridized carbons (Fsp3) is 0.737. The molecule has 0 aliphatic rings. The molecule has 0 aliphatic carbocycles. The van der Waals surface area contributed by atoms with Crippen LogP contribution in [0.2, 0.25) is 0 Å². The second kappa shape index (κ2) is 16.5. The molecule has 47 heavy (non-hydrogen) atoms. The molecule has 3 unspecified atom stereocenters. The number of hydrogen-bond acceptors (Lipinski definition) is 8. The van der Waals surface area contributed by atoms with Crippen LogP contribution in [-0.2, 0) is 19.1 Å². The highest BCUT2D eigenvalue weighted by atomic mass is 32.2. The Balaban J connectivity index is 3.71. The molecule has 0 heterocycles. The van der Waals surface area contributed by atoms with E-state index in [4.69, 9.17) is 21.7 Å². The average Bonchev–Trinajstić information content (AvgIpc) is 2.92. The number of hydrogen-bond donors (Lipinski definition) is 1. The number of carbonyl (C=O) groups excluding carboxylic acids is 2. The van der Waals surface area contributed by atoms with Gasteiger partial charge in [0.05, 0.1) is 24.0 Å². The number of carboxylic acid groups (broad SMARTS) is 1. The first-order chi connectivity index (χ1) is 21.1. The lowest BCUT2D eigenvalue weighted by atomic mass is 9.54. The predicted molar refractivity (Wildman–Crippen MR) is 204 cm³/mol. The Morgan fingerprint density at radius 2 is 1.53 bits per heavy atom. The van der Waals surface area contributed by atoms with E-state index < -0.39 is 39.7 Å². The first kappa shape index (κ1) is 43.6. The number of carbonyl (C=O) groups is 3. The zero-order valence-corrected chi connectivity index (χ0v) is 34.1. The summed E-state index contributed by atoms with van der Waals surface area (Å²) in [5.74, 6) is -2.53. The molecule has 0 radical (unpaired) electrons. The van der Waals surface area contributed by atoms with Gasteiger partial charge < -0.3 is 14.6 Å². The molecule has 9 heteroatoms. The molecule has 1 rings (SSSR count). The molecule has 0 aromatic heterocycles. The minimum Gasteiger partial charge on any atom is -0.481 e. The van der Waals surface area contributed by atoms with E-state index in [2.05, 4.69) is 47.6 Å². The first-order valence-electron chi connectivity index (χ1n) is 16.5. The van der Waals surface area contributed by atoms with Crippen molar-refractivity contribution < 1.29 is 29.0 Å². The maximum Gasteiger partial charge on any atom is 0.310 e. The first-order valence-corrected chi connectivity index (χ1v) is 19.0. The van der Waals surface area contributed by atoms with Gasteiger partial charge in [0.1, 0.15) is 15.4 Å². The van der Waals surface area contributed by atoms with E-state index in [1.54, 1.807) is 36.5 Å². The monoisotopic (exact) mass is 710 g/mol. The van der Waals surface area contributed by atoms with Gasteiger partial charge in [-0.3, -0.25) is 14.4 Å². The molecule has 0 saturated heterocycles. The molecule has 1 aromatic rings. The molecule has 1 N–H and O–H groups in total. The lowest BCUT2D eigenvalue weighted by Gasteiger charge is -2.51. The van der Waals surface area contributed by atoms with Gasteiger partial charge in [0.25, 0.3) is 0 Å². The molecule has 3 atom stereocenters. The Morgan fingerprint density at radius 3 is 2.02 bits per heavy atom. The van der Waals surface area contributed by atoms with Crippen molar-refractivity contribution in [2.45, 2.75) is 138 Å². The van der Waals surface area contributed by atoms with Gasteiger partial charge in [0, 0.05) is 16.7 Å². The molecule has 0 fully saturated rings. The van der Waals surface area contributed by atoms with Crippen molar-refractivity contribution in [3.63, 3.8) is 0 Å². The third-order valence-corrected chi connectivity index (χ3v) is 13.1. The van der Waals surface area contributed by atoms with Crippen molar-refractivity contribution in [1.29, 1.82) is 0 Å². The largest absolute Gasteiger partial charge is 0.481 e. The number of ether oxygens (including phenoxy) is 2. The zero-order chi connectivity index (χ0) is 36.8. The van der Waals surface area contributed by atoms with Gasteiger partial charge in [0.15, 0.2) is 0 Å². The number of esters is 1. The molecule has 1 aromatic carbocycles. The minimum atomic E-state index is -0.891. The summed E-state index contributed by atoms with van der Waals surface area (Å²) in [6.07, 6.45) is 4.39. The Morgan fingerprint density at radius 1 is 0.957 bits per heavy atom. The highest BCUT2D eigenvalue weighted by Gasteiger charge is 2.52. The summed E-state index contributed by atoms with van der Waals surface area (Å²) in [5, 5.41) is 9.98. The van der Waals surface area contributed by atoms with Gasteiger partial charge in [-0.05, 0) is 101 Å². The Hall–Kier alpha value is -1.42. The summed E-state index contributed by atoms with van der Waals surface area (Å²) in [6.45, 7) is 28.8. The van der Waals surface area contributed by atoms with Crippen LogP contribution in [0.5, 0.6) is 0 Å². The van der Waals surface area contributed by atoms with Crippen molar-refractivity contribution in [2.75, 3.05) is 12.9 Å². The molecule has 268 valence electrons. The van der Waals surface area contributed by atoms with E-state index in [1.807, 2.05) is 66.9 Å². The van der Waals surface area contributed by atoms with Crippen LogP contribution in [0.15, 0.2) is 24.3 Å². The van der Waals surface area contributed by atoms with Gasteiger partial charge in [-0.25, -0.2) is 0 Å². The minimum absolute atomic E-state index is 0.0274. The lowest BCUT2D eigenvalue weighted by Crippen LogP contribution is -2.49. The maximum atomic E-state index is 14.4. The number of thiocarbonyl (C=S) groups is 1. The van der Waals surface area contributed by atoms with Crippen molar-refractivity contribution in [1.82, 2.24) is 0 Å². The summed E-state index contributed by atoms with van der Waals surface area (Å²) in [4.78, 5) is 38.4. The van der Waals surface area contributed by atoms with Gasteiger partial charge in [-0.2, -0.15) is 0 Å². The molecule has 0 spiro atoms. The van der Waals surface area contributed by atoms with E-state index in [0.717, 1.165) is 15.4 Å². The summed E-state index contributed by atoms with van der Waals surface area (Å²) < 4.78 is 12.8. The van der Waals surface area contributed by atoms with Crippen LogP contribution in [0.4, 0.5) is 0 Å². The summed E-state index contributed by atoms with van der Waals surface area (Å²) in [6, 6.07) is 7.74. The maximum absolute atomic E-state index is 14.4. The molecule has 6 nitrogen and oxygen atoms in total. The lowest BCUT2D eigenvalue weighted by molar-refractivity contribution is -0.176. The second-order valence-corrected chi connectivity index (χ2v) is 20.7. The van der Waals surface area contributed by atoms with Gasteiger partial charge >= 0.3 is 11.9 Å². The quantitative estimate of drug-likeness (QED) is 0.0964. The topological polar surface area (TPSA) is 89.9 Å². The number of rotatable bonds is 17. The van der Waals surface area contributed by atoms with Crippen LogP contribution in [0.25, 0.3) is 0 Å². The Bertz CT molecular complexity index is 1240. The number of benzene rings is 1. The molecule has 0 amide bonds. The normalized spacial score (nSPS) is 15.5. The van der Waals surface area contributed by atoms with Crippen LogP contribution < -0.4 is 0 Å². The second-order valence-electron chi connectivity index (χ2n) is 17.0. The fourth-order valence-corrected chi connectivity index (χ4v) is 8.27. The van der Waals surface area contributed by atoms with Gasteiger partial charge in [-0.15, -0.1) is 23.5 Å². The van der Waals surface area contributed by atoms with Crippen molar-refractivity contribution in [3.8, 4) is 0 Å². The number of aldehydes is 1. The van der Waals surface area contributed by atoms with Crippen LogP contribution in [0.1, 0.15) is 138 Å². The average molecular weight is 711 g/mol. The molecular weight excluding hydrogens is 649 g/mol. The predicted octanol–water partition coefficient (Wildman–Crippen LogP) is 10.5. The fourth-order valence-electron chi connectivity index (χ4n) is 5.85. The highest BCUT2D eigenvalue weighted by molar-refractivity contribution is 8.47. The third-order valence-electron chi connectivity index (χ3n) is 10.3. The van der Waals surface area contributed by atoms with E-state index in [-0.39, 0.29) is 22.2 Å². The molecule has 0 aliphatic heterocycles. The standard InChI is InChI=1S/C38H62O6S3/c1-25(30(40)41)34(5,6)22-29(31(42)44-36(9,10)19-20-43-33(2,3)4)37(11,12)35(7,8)23-28(38(13,14)47-32(45)46-15)27-18-16-17-26(21-27)24-39/h16-18,21,24-25,28-29H,19-20,22-23H2,1-15H3,(H,40,41). The molecule has 0 bridgehead atoms. The van der Waals surface area contributed by atoms with Crippen LogP contribution >= 0.6 is 35.7 Å². The third kappa shape index (κ3) is 12.8. The van der Waals surface area contributed by atoms with Crippen molar-refractivity contribution in [3.05, 3.63) is 35.4 Å². The van der Waals surface area contributed by atoms with E-state index >= 15 is 0 Å². The van der Waals surface area contributed by atoms with E-state index in [1.165, 1.54) is 0 Å². The van der Waals surface area contributed by atoms with Crippen molar-refractivity contribution >= 4 is 57.5 Å². The zero-order valence-electron chi connectivity index (χ0n) is 31.7. The van der Waals surface area contributed by atoms with Gasteiger partial charge in [-0.1, -0.05) is 78.9 Å². The Kier molecular flexibility index (Phi) is 15.3. The van der Waals surface area contributed by atoms with Crippen LogP contribution in [-0.4, -0.2) is 55.7 Å². The van der Waals surface area contributed by atoms with Crippen molar-refractivity contribution in [2.24, 2.45) is 28.1 Å². The smallest absolute Gasteiger partial charge is 0.310 e. The molecular formula is C38H62O6S3. The Labute approximate surface area is 299 Å². The summed E-state index contributed by atoms with van der Waals surface area (Å²) >= 11 is 8.87. The number of carboxylic acids is 1. The molecule has 0 saturated carbocycles. The summed E-state index contributed by atoms with van der Waals surface area (Å²) in [7, 11) is 0. The summed E-state index contributed by atoms with van der Waals surface area (Å²) in [5.41, 5.74) is -1.23. The van der Waals surface area contributed by atoms with E-state index in [0.29, 0.717) is 31.4 Å². The number of aliphatic carboxylic acids is 1. The number of thioether (sulfide) groups is 2. The van der Waals surface area contributed by atoms with Crippen LogP contribution in [0.3, 0.4) is 0 Å². The van der Waals surface area contributed by atoms with Crippen LogP contribution in [0, 0.1) is 28.1 Å². The SMILES string of the molecule is CSC(=S)SC(C)(C)C(CC(C)(C)C(C)(C)C(CC(C)(C)C(C)C(=O)O)C(=O)OC(C)(C)CCOC(C)(C)C)c1cccc(C=O)c1.